The first-order valence-electron chi connectivity index (χ1n) is 5.41. The summed E-state index contributed by atoms with van der Waals surface area (Å²) in [4.78, 5) is 13.3. The molecule has 1 heterocycles. The molecule has 1 N–H and O–H groups in total. The maximum absolute atomic E-state index is 11.5. The van der Waals surface area contributed by atoms with Gasteiger partial charge in [-0.1, -0.05) is 6.42 Å². The van der Waals surface area contributed by atoms with Crippen LogP contribution in [-0.4, -0.2) is 41.4 Å². The molecule has 0 aromatic heterocycles. The van der Waals surface area contributed by atoms with Crippen molar-refractivity contribution in [3.63, 3.8) is 0 Å². The van der Waals surface area contributed by atoms with Gasteiger partial charge in [0.15, 0.2) is 0 Å². The molecule has 4 heteroatoms. The van der Waals surface area contributed by atoms with Crippen LogP contribution in [0.4, 0.5) is 4.79 Å². The zero-order valence-electron chi connectivity index (χ0n) is 8.32. The van der Waals surface area contributed by atoms with E-state index in [1.807, 2.05) is 0 Å². The van der Waals surface area contributed by atoms with Gasteiger partial charge >= 0.3 is 6.09 Å². The molecular weight excluding hydrogens is 182 g/mol. The molecule has 0 bridgehead atoms. The average Bonchev–Trinajstić information content (AvgIpc) is 2.51. The standard InChI is InChI=1S/C10H17NO3/c12-7-3-6-11-8-4-1-2-5-9(8)14-10(11)13/h8-9,12H,1-7H2. The van der Waals surface area contributed by atoms with E-state index in [-0.39, 0.29) is 24.8 Å². The van der Waals surface area contributed by atoms with E-state index in [4.69, 9.17) is 9.84 Å². The fraction of sp³-hybridized carbons (Fsp3) is 0.900. The molecule has 2 unspecified atom stereocenters. The largest absolute Gasteiger partial charge is 0.444 e. The van der Waals surface area contributed by atoms with Crippen molar-refractivity contribution in [3.8, 4) is 0 Å². The highest BCUT2D eigenvalue weighted by Crippen LogP contribution is 2.31. The molecular formula is C10H17NO3. The average molecular weight is 199 g/mol. The Morgan fingerprint density at radius 3 is 3.00 bits per heavy atom. The first-order valence-corrected chi connectivity index (χ1v) is 5.41. The summed E-state index contributed by atoms with van der Waals surface area (Å²) in [6.07, 6.45) is 5.01. The van der Waals surface area contributed by atoms with Crippen LogP contribution in [0.3, 0.4) is 0 Å². The van der Waals surface area contributed by atoms with E-state index in [1.54, 1.807) is 4.90 Å². The van der Waals surface area contributed by atoms with Crippen molar-refractivity contribution in [2.45, 2.75) is 44.2 Å². The van der Waals surface area contributed by atoms with E-state index in [1.165, 1.54) is 12.8 Å². The number of carbonyl (C=O) groups is 1. The molecule has 4 nitrogen and oxygen atoms in total. The lowest BCUT2D eigenvalue weighted by Crippen LogP contribution is -2.39. The zero-order chi connectivity index (χ0) is 9.97. The molecule has 14 heavy (non-hydrogen) atoms. The molecule has 0 radical (unpaired) electrons. The summed E-state index contributed by atoms with van der Waals surface area (Å²) in [6.45, 7) is 0.775. The number of aliphatic hydroxyl groups is 1. The number of aliphatic hydroxyl groups excluding tert-OH is 1. The maximum atomic E-state index is 11.5. The first-order chi connectivity index (χ1) is 6.83. The third-order valence-corrected chi connectivity index (χ3v) is 3.11. The van der Waals surface area contributed by atoms with Crippen LogP contribution >= 0.6 is 0 Å². The highest BCUT2D eigenvalue weighted by Gasteiger charge is 2.42. The molecule has 2 rings (SSSR count). The highest BCUT2D eigenvalue weighted by atomic mass is 16.6. The summed E-state index contributed by atoms with van der Waals surface area (Å²) in [7, 11) is 0. The second-order valence-corrected chi connectivity index (χ2v) is 4.04. The van der Waals surface area contributed by atoms with Crippen molar-refractivity contribution >= 4 is 6.09 Å². The summed E-state index contributed by atoms with van der Waals surface area (Å²) >= 11 is 0. The number of rotatable bonds is 3. The molecule has 1 aliphatic carbocycles. The van der Waals surface area contributed by atoms with E-state index >= 15 is 0 Å². The van der Waals surface area contributed by atoms with Crippen molar-refractivity contribution in [1.29, 1.82) is 0 Å². The van der Waals surface area contributed by atoms with Gasteiger partial charge in [0.2, 0.25) is 0 Å². The molecule has 2 aliphatic rings. The van der Waals surface area contributed by atoms with E-state index in [2.05, 4.69) is 0 Å². The first kappa shape index (κ1) is 9.77. The number of hydrogen-bond donors (Lipinski definition) is 1. The second-order valence-electron chi connectivity index (χ2n) is 4.04. The van der Waals surface area contributed by atoms with Crippen molar-refractivity contribution in [2.24, 2.45) is 0 Å². The third kappa shape index (κ3) is 1.71. The summed E-state index contributed by atoms with van der Waals surface area (Å²) in [6, 6.07) is 0.280. The molecule has 1 saturated carbocycles. The number of nitrogens with zero attached hydrogens (tertiary/aromatic N) is 1. The Balaban J connectivity index is 1.96. The summed E-state index contributed by atoms with van der Waals surface area (Å²) in [5.74, 6) is 0. The van der Waals surface area contributed by atoms with Gasteiger partial charge in [0.05, 0.1) is 6.04 Å². The van der Waals surface area contributed by atoms with Gasteiger partial charge in [-0.25, -0.2) is 4.79 Å². The molecule has 2 atom stereocenters. The van der Waals surface area contributed by atoms with Crippen LogP contribution in [-0.2, 0) is 4.74 Å². The number of amides is 1. The predicted octanol–water partition coefficient (Wildman–Crippen LogP) is 1.13. The Morgan fingerprint density at radius 1 is 1.43 bits per heavy atom. The second kappa shape index (κ2) is 4.17. The lowest BCUT2D eigenvalue weighted by Gasteiger charge is -2.27. The van der Waals surface area contributed by atoms with Crippen molar-refractivity contribution < 1.29 is 14.6 Å². The third-order valence-electron chi connectivity index (χ3n) is 3.11. The Kier molecular flexibility index (Phi) is 2.91. The topological polar surface area (TPSA) is 49.8 Å². The molecule has 0 aromatic carbocycles. The Bertz CT molecular complexity index is 219. The minimum atomic E-state index is -0.185. The number of fused-ring (bicyclic) bond motifs is 1. The smallest absolute Gasteiger partial charge is 0.410 e. The fourth-order valence-electron chi connectivity index (χ4n) is 2.40. The van der Waals surface area contributed by atoms with Gasteiger partial charge in [0.1, 0.15) is 6.10 Å². The van der Waals surface area contributed by atoms with Crippen molar-refractivity contribution in [2.75, 3.05) is 13.2 Å². The Morgan fingerprint density at radius 2 is 2.21 bits per heavy atom. The highest BCUT2D eigenvalue weighted by molar-refractivity contribution is 5.70. The molecule has 80 valence electrons. The summed E-state index contributed by atoms with van der Waals surface area (Å²) in [5, 5.41) is 8.73. The van der Waals surface area contributed by atoms with Crippen molar-refractivity contribution in [1.82, 2.24) is 4.90 Å². The van der Waals surface area contributed by atoms with Crippen LogP contribution in [0.2, 0.25) is 0 Å². The molecule has 1 amide bonds. The van der Waals surface area contributed by atoms with Gasteiger partial charge in [0, 0.05) is 13.2 Å². The van der Waals surface area contributed by atoms with Crippen LogP contribution in [0.1, 0.15) is 32.1 Å². The van der Waals surface area contributed by atoms with Crippen LogP contribution < -0.4 is 0 Å². The minimum absolute atomic E-state index is 0.120. The maximum Gasteiger partial charge on any atom is 0.410 e. The quantitative estimate of drug-likeness (QED) is 0.741. The Labute approximate surface area is 83.8 Å². The normalized spacial score (nSPS) is 31.5. The van der Waals surface area contributed by atoms with E-state index in [9.17, 15) is 4.79 Å². The molecule has 1 saturated heterocycles. The zero-order valence-corrected chi connectivity index (χ0v) is 8.32. The van der Waals surface area contributed by atoms with Crippen LogP contribution in [0.5, 0.6) is 0 Å². The van der Waals surface area contributed by atoms with E-state index in [0.29, 0.717) is 13.0 Å². The number of ether oxygens (including phenoxy) is 1. The van der Waals surface area contributed by atoms with Gasteiger partial charge in [-0.05, 0) is 25.7 Å². The van der Waals surface area contributed by atoms with Crippen LogP contribution in [0.15, 0.2) is 0 Å². The van der Waals surface area contributed by atoms with Gasteiger partial charge in [-0.2, -0.15) is 0 Å². The van der Waals surface area contributed by atoms with Gasteiger partial charge in [-0.3, -0.25) is 0 Å². The van der Waals surface area contributed by atoms with Gasteiger partial charge < -0.3 is 14.7 Å². The fourth-order valence-corrected chi connectivity index (χ4v) is 2.40. The molecule has 0 spiro atoms. The molecule has 0 aromatic rings. The van der Waals surface area contributed by atoms with E-state index in [0.717, 1.165) is 12.8 Å². The molecule has 1 aliphatic heterocycles. The predicted molar refractivity (Wildman–Crippen MR) is 50.9 cm³/mol. The summed E-state index contributed by atoms with van der Waals surface area (Å²) < 4.78 is 5.28. The van der Waals surface area contributed by atoms with Gasteiger partial charge in [0.25, 0.3) is 0 Å². The minimum Gasteiger partial charge on any atom is -0.444 e. The van der Waals surface area contributed by atoms with Crippen LogP contribution in [0.25, 0.3) is 0 Å². The molecule has 2 fully saturated rings. The monoisotopic (exact) mass is 199 g/mol. The van der Waals surface area contributed by atoms with E-state index < -0.39 is 0 Å². The van der Waals surface area contributed by atoms with Crippen molar-refractivity contribution in [3.05, 3.63) is 0 Å². The lowest BCUT2D eigenvalue weighted by atomic mass is 9.92. The van der Waals surface area contributed by atoms with Crippen LogP contribution in [0, 0.1) is 0 Å². The summed E-state index contributed by atoms with van der Waals surface area (Å²) in [5.41, 5.74) is 0. The SMILES string of the molecule is O=C1OC2CCCCC2N1CCCO. The van der Waals surface area contributed by atoms with Gasteiger partial charge in [-0.15, -0.1) is 0 Å². The number of hydrogen-bond acceptors (Lipinski definition) is 3. The lowest BCUT2D eigenvalue weighted by molar-refractivity contribution is 0.113. The Hall–Kier alpha value is -0.770. The number of carbonyl (C=O) groups excluding carboxylic acids is 1.